The first-order valence-electron chi connectivity index (χ1n) is 7.04. The first-order chi connectivity index (χ1) is 9.76. The Balaban J connectivity index is 1.94. The first kappa shape index (κ1) is 15.4. The smallest absolute Gasteiger partial charge is 0.410 e. The third-order valence-corrected chi connectivity index (χ3v) is 3.28. The number of anilines is 2. The molecule has 1 saturated heterocycles. The van der Waals surface area contributed by atoms with E-state index in [0.29, 0.717) is 26.2 Å². The van der Waals surface area contributed by atoms with Gasteiger partial charge in [0, 0.05) is 31.9 Å². The standard InChI is InChI=1S/C15H22FN3O2/c1-15(2,3)21-14(20)19-8-6-18(7-9-19)11-4-5-13(17)12(16)10-11/h4-5,10H,6-9,17H2,1-3H3. The van der Waals surface area contributed by atoms with Crippen molar-refractivity contribution in [3.63, 3.8) is 0 Å². The van der Waals surface area contributed by atoms with Gasteiger partial charge in [0.1, 0.15) is 11.4 Å². The molecule has 6 heteroatoms. The van der Waals surface area contributed by atoms with E-state index >= 15 is 0 Å². The summed E-state index contributed by atoms with van der Waals surface area (Å²) in [6, 6.07) is 4.78. The molecule has 2 N–H and O–H groups in total. The van der Waals surface area contributed by atoms with Gasteiger partial charge >= 0.3 is 6.09 Å². The molecule has 21 heavy (non-hydrogen) atoms. The highest BCUT2D eigenvalue weighted by Gasteiger charge is 2.26. The van der Waals surface area contributed by atoms with E-state index in [1.165, 1.54) is 6.07 Å². The minimum absolute atomic E-state index is 0.145. The van der Waals surface area contributed by atoms with E-state index in [1.807, 2.05) is 25.7 Å². The zero-order valence-electron chi connectivity index (χ0n) is 12.7. The van der Waals surface area contributed by atoms with Gasteiger partial charge in [0.15, 0.2) is 0 Å². The molecule has 1 aliphatic heterocycles. The summed E-state index contributed by atoms with van der Waals surface area (Å²) in [5, 5.41) is 0. The number of ether oxygens (including phenoxy) is 1. The van der Waals surface area contributed by atoms with Crippen LogP contribution in [0.15, 0.2) is 18.2 Å². The van der Waals surface area contributed by atoms with Crippen LogP contribution in [0.3, 0.4) is 0 Å². The third kappa shape index (κ3) is 4.00. The minimum Gasteiger partial charge on any atom is -0.444 e. The summed E-state index contributed by atoms with van der Waals surface area (Å²) >= 11 is 0. The highest BCUT2D eigenvalue weighted by Crippen LogP contribution is 2.21. The lowest BCUT2D eigenvalue weighted by molar-refractivity contribution is 0.0240. The number of hydrogen-bond donors (Lipinski definition) is 1. The summed E-state index contributed by atoms with van der Waals surface area (Å²) in [5.74, 6) is -0.415. The molecule has 2 rings (SSSR count). The fourth-order valence-corrected chi connectivity index (χ4v) is 2.19. The highest BCUT2D eigenvalue weighted by atomic mass is 19.1. The van der Waals surface area contributed by atoms with Crippen molar-refractivity contribution in [1.82, 2.24) is 4.90 Å². The lowest BCUT2D eigenvalue weighted by Gasteiger charge is -2.36. The fourth-order valence-electron chi connectivity index (χ4n) is 2.19. The minimum atomic E-state index is -0.492. The van der Waals surface area contributed by atoms with E-state index in [4.69, 9.17) is 10.5 Å². The molecule has 5 nitrogen and oxygen atoms in total. The van der Waals surface area contributed by atoms with Crippen LogP contribution in [-0.4, -0.2) is 42.8 Å². The second-order valence-electron chi connectivity index (χ2n) is 6.16. The summed E-state index contributed by atoms with van der Waals surface area (Å²) in [5.41, 5.74) is 5.91. The Kier molecular flexibility index (Phi) is 4.25. The van der Waals surface area contributed by atoms with Crippen LogP contribution in [0, 0.1) is 5.82 Å². The first-order valence-corrected chi connectivity index (χ1v) is 7.04. The monoisotopic (exact) mass is 295 g/mol. The maximum atomic E-state index is 13.5. The van der Waals surface area contributed by atoms with E-state index in [1.54, 1.807) is 17.0 Å². The van der Waals surface area contributed by atoms with Gasteiger partial charge in [0.05, 0.1) is 5.69 Å². The van der Waals surface area contributed by atoms with E-state index in [-0.39, 0.29) is 11.8 Å². The third-order valence-electron chi connectivity index (χ3n) is 3.28. The molecule has 1 aromatic rings. The number of rotatable bonds is 1. The normalized spacial score (nSPS) is 16.0. The highest BCUT2D eigenvalue weighted by molar-refractivity contribution is 5.68. The molecule has 0 radical (unpaired) electrons. The molecule has 1 heterocycles. The predicted octanol–water partition coefficient (Wildman–Crippen LogP) is 2.47. The quantitative estimate of drug-likeness (QED) is 0.809. The number of hydrogen-bond acceptors (Lipinski definition) is 4. The number of carbonyl (C=O) groups excluding carboxylic acids is 1. The topological polar surface area (TPSA) is 58.8 Å². The van der Waals surface area contributed by atoms with Crippen molar-refractivity contribution in [1.29, 1.82) is 0 Å². The molecule has 1 fully saturated rings. The molecule has 1 aliphatic rings. The lowest BCUT2D eigenvalue weighted by atomic mass is 10.2. The average molecular weight is 295 g/mol. The van der Waals surface area contributed by atoms with Crippen molar-refractivity contribution in [3.8, 4) is 0 Å². The van der Waals surface area contributed by atoms with Crippen LogP contribution in [0.5, 0.6) is 0 Å². The van der Waals surface area contributed by atoms with Gasteiger partial charge in [0.2, 0.25) is 0 Å². The van der Waals surface area contributed by atoms with Gasteiger partial charge in [-0.3, -0.25) is 0 Å². The maximum absolute atomic E-state index is 13.5. The Morgan fingerprint density at radius 2 is 1.86 bits per heavy atom. The predicted molar refractivity (Wildman–Crippen MR) is 80.8 cm³/mol. The van der Waals surface area contributed by atoms with Gasteiger partial charge in [-0.15, -0.1) is 0 Å². The van der Waals surface area contributed by atoms with Crippen molar-refractivity contribution in [2.75, 3.05) is 36.8 Å². The molecule has 0 aliphatic carbocycles. The molecular weight excluding hydrogens is 273 g/mol. The Hall–Kier alpha value is -1.98. The summed E-state index contributed by atoms with van der Waals surface area (Å²) in [4.78, 5) is 15.7. The van der Waals surface area contributed by atoms with Crippen molar-refractivity contribution in [3.05, 3.63) is 24.0 Å². The molecule has 1 amide bonds. The molecule has 0 saturated carbocycles. The number of nitrogen functional groups attached to an aromatic ring is 1. The SMILES string of the molecule is CC(C)(C)OC(=O)N1CCN(c2ccc(N)c(F)c2)CC1. The second-order valence-corrected chi connectivity index (χ2v) is 6.16. The van der Waals surface area contributed by atoms with Crippen molar-refractivity contribution < 1.29 is 13.9 Å². The maximum Gasteiger partial charge on any atom is 0.410 e. The van der Waals surface area contributed by atoms with Crippen molar-refractivity contribution in [2.24, 2.45) is 0 Å². The fraction of sp³-hybridized carbons (Fsp3) is 0.533. The Labute approximate surface area is 124 Å². The summed E-state index contributed by atoms with van der Waals surface area (Å²) in [6.07, 6.45) is -0.300. The molecule has 0 unspecified atom stereocenters. The van der Waals surface area contributed by atoms with Crippen LogP contribution in [0.2, 0.25) is 0 Å². The summed E-state index contributed by atoms with van der Waals surface area (Å²) in [6.45, 7) is 7.93. The lowest BCUT2D eigenvalue weighted by Crippen LogP contribution is -2.50. The zero-order valence-corrected chi connectivity index (χ0v) is 12.7. The van der Waals surface area contributed by atoms with Crippen LogP contribution in [0.25, 0.3) is 0 Å². The number of amides is 1. The number of piperazine rings is 1. The van der Waals surface area contributed by atoms with Gasteiger partial charge in [-0.1, -0.05) is 0 Å². The van der Waals surface area contributed by atoms with Gasteiger partial charge in [0.25, 0.3) is 0 Å². The molecule has 0 atom stereocenters. The van der Waals surface area contributed by atoms with E-state index in [9.17, 15) is 9.18 Å². The van der Waals surface area contributed by atoms with Crippen LogP contribution < -0.4 is 10.6 Å². The van der Waals surface area contributed by atoms with E-state index < -0.39 is 11.4 Å². The molecule has 0 aromatic heterocycles. The van der Waals surface area contributed by atoms with Crippen LogP contribution in [-0.2, 0) is 4.74 Å². The molecular formula is C15H22FN3O2. The number of carbonyl (C=O) groups is 1. The average Bonchev–Trinajstić information content (AvgIpc) is 2.40. The van der Waals surface area contributed by atoms with Crippen LogP contribution in [0.1, 0.15) is 20.8 Å². The van der Waals surface area contributed by atoms with Gasteiger partial charge in [-0.05, 0) is 39.0 Å². The molecule has 0 bridgehead atoms. The number of nitrogens with two attached hydrogens (primary N) is 1. The molecule has 0 spiro atoms. The number of halogens is 1. The van der Waals surface area contributed by atoms with Crippen LogP contribution >= 0.6 is 0 Å². The zero-order chi connectivity index (χ0) is 15.6. The van der Waals surface area contributed by atoms with Crippen molar-refractivity contribution in [2.45, 2.75) is 26.4 Å². The van der Waals surface area contributed by atoms with Crippen molar-refractivity contribution >= 4 is 17.5 Å². The Morgan fingerprint density at radius 1 is 1.24 bits per heavy atom. The number of benzene rings is 1. The second kappa shape index (κ2) is 5.79. The van der Waals surface area contributed by atoms with Gasteiger partial charge in [-0.2, -0.15) is 0 Å². The summed E-state index contributed by atoms with van der Waals surface area (Å²) < 4.78 is 18.8. The molecule has 1 aromatic carbocycles. The Morgan fingerprint density at radius 3 is 2.38 bits per heavy atom. The largest absolute Gasteiger partial charge is 0.444 e. The van der Waals surface area contributed by atoms with Crippen LogP contribution in [0.4, 0.5) is 20.6 Å². The van der Waals surface area contributed by atoms with E-state index in [2.05, 4.69) is 0 Å². The summed E-state index contributed by atoms with van der Waals surface area (Å²) in [7, 11) is 0. The van der Waals surface area contributed by atoms with Gasteiger partial charge in [-0.25, -0.2) is 9.18 Å². The van der Waals surface area contributed by atoms with E-state index in [0.717, 1.165) is 5.69 Å². The van der Waals surface area contributed by atoms with Gasteiger partial charge < -0.3 is 20.3 Å². The molecule has 116 valence electrons. The Bertz CT molecular complexity index is 520. The number of nitrogens with zero attached hydrogens (tertiary/aromatic N) is 2.